The average molecular weight is 332 g/mol. The second kappa shape index (κ2) is 6.57. The lowest BCUT2D eigenvalue weighted by molar-refractivity contribution is 0.0686. The van der Waals surface area contributed by atoms with E-state index < -0.39 is 17.7 Å². The molecular formula is C15H12N2O7. The van der Waals surface area contributed by atoms with Crippen LogP contribution in [0.3, 0.4) is 0 Å². The molecule has 0 saturated heterocycles. The zero-order valence-electron chi connectivity index (χ0n) is 12.0. The molecule has 2 aromatic carbocycles. The molecule has 0 saturated carbocycles. The highest BCUT2D eigenvalue weighted by atomic mass is 16.4. The molecule has 0 unspecified atom stereocenters. The largest absolute Gasteiger partial charge is 0.506 e. The summed E-state index contributed by atoms with van der Waals surface area (Å²) in [5.41, 5.74) is 6.25. The fourth-order valence-electron chi connectivity index (χ4n) is 1.77. The van der Waals surface area contributed by atoms with Crippen molar-refractivity contribution in [2.75, 3.05) is 5.73 Å². The monoisotopic (exact) mass is 332 g/mol. The fourth-order valence-corrected chi connectivity index (χ4v) is 1.77. The number of carboxylic acids is 2. The number of anilines is 1. The number of rotatable bonds is 2. The molecule has 0 radical (unpaired) electrons. The van der Waals surface area contributed by atoms with Gasteiger partial charge in [0.25, 0.3) is 0 Å². The number of aromatic hydroxyl groups is 1. The number of hydrogen-bond acceptors (Lipinski definition) is 6. The molecule has 9 nitrogen and oxygen atoms in total. The van der Waals surface area contributed by atoms with Crippen molar-refractivity contribution in [1.82, 2.24) is 4.98 Å². The summed E-state index contributed by atoms with van der Waals surface area (Å²) in [5, 5.41) is 26.0. The Morgan fingerprint density at radius 3 is 2.17 bits per heavy atom. The van der Waals surface area contributed by atoms with Gasteiger partial charge in [-0.15, -0.1) is 0 Å². The average Bonchev–Trinajstić information content (AvgIpc) is 2.89. The molecule has 1 aromatic heterocycles. The number of fused-ring (bicyclic) bond motifs is 1. The third kappa shape index (κ3) is 3.71. The van der Waals surface area contributed by atoms with Crippen molar-refractivity contribution in [3.63, 3.8) is 0 Å². The summed E-state index contributed by atoms with van der Waals surface area (Å²) in [5.74, 6) is -2.78. The number of hydrogen-bond donors (Lipinski definition) is 5. The van der Waals surface area contributed by atoms with Gasteiger partial charge in [-0.2, -0.15) is 0 Å². The number of benzene rings is 2. The van der Waals surface area contributed by atoms with Gasteiger partial charge in [-0.1, -0.05) is 0 Å². The van der Waals surface area contributed by atoms with Gasteiger partial charge in [-0.05, 0) is 36.4 Å². The summed E-state index contributed by atoms with van der Waals surface area (Å²) < 4.78 is 4.70. The highest BCUT2D eigenvalue weighted by molar-refractivity contribution is 5.91. The summed E-state index contributed by atoms with van der Waals surface area (Å²) in [6, 6.07) is 7.91. The van der Waals surface area contributed by atoms with Crippen LogP contribution >= 0.6 is 0 Å². The van der Waals surface area contributed by atoms with Gasteiger partial charge in [0, 0.05) is 0 Å². The third-order valence-corrected chi connectivity index (χ3v) is 2.94. The molecule has 0 atom stereocenters. The van der Waals surface area contributed by atoms with E-state index in [0.29, 0.717) is 11.1 Å². The van der Waals surface area contributed by atoms with Crippen LogP contribution in [0, 0.1) is 0 Å². The van der Waals surface area contributed by atoms with Crippen molar-refractivity contribution < 1.29 is 29.3 Å². The number of nitrogen functional groups attached to an aromatic ring is 1. The van der Waals surface area contributed by atoms with Crippen LogP contribution in [0.5, 0.6) is 5.75 Å². The van der Waals surface area contributed by atoms with Crippen LogP contribution in [0.1, 0.15) is 20.7 Å². The molecular weight excluding hydrogens is 320 g/mol. The van der Waals surface area contributed by atoms with Crippen molar-refractivity contribution in [2.24, 2.45) is 0 Å². The van der Waals surface area contributed by atoms with Crippen LogP contribution in [-0.4, -0.2) is 32.2 Å². The zero-order valence-corrected chi connectivity index (χ0v) is 12.0. The number of oxazole rings is 1. The molecule has 3 rings (SSSR count). The molecule has 24 heavy (non-hydrogen) atoms. The van der Waals surface area contributed by atoms with E-state index in [1.165, 1.54) is 36.4 Å². The molecule has 6 N–H and O–H groups in total. The first-order valence-corrected chi connectivity index (χ1v) is 6.46. The first kappa shape index (κ1) is 16.6. The van der Waals surface area contributed by atoms with E-state index in [4.69, 9.17) is 25.5 Å². The standard InChI is InChI=1S/C8H5NO4.C7H7NO3/c10-7(11)4-1-2-6-5(3-4)9-8(12)13-6;8-5-3-4(7(10)11)1-2-6(5)9/h1-3H,(H,9,12)(H,10,11);1-3,9H,8H2,(H,10,11). The number of H-pyrrole nitrogens is 1. The summed E-state index contributed by atoms with van der Waals surface area (Å²) >= 11 is 0. The summed E-state index contributed by atoms with van der Waals surface area (Å²) in [7, 11) is 0. The molecule has 0 fully saturated rings. The molecule has 1 heterocycles. The Morgan fingerprint density at radius 2 is 1.58 bits per heavy atom. The van der Waals surface area contributed by atoms with Crippen molar-refractivity contribution >= 4 is 28.7 Å². The van der Waals surface area contributed by atoms with Gasteiger partial charge in [-0.3, -0.25) is 4.98 Å². The lowest BCUT2D eigenvalue weighted by Gasteiger charge is -1.98. The number of nitrogens with one attached hydrogen (secondary N) is 1. The normalized spacial score (nSPS) is 10.0. The van der Waals surface area contributed by atoms with E-state index in [1.807, 2.05) is 0 Å². The van der Waals surface area contributed by atoms with E-state index in [9.17, 15) is 14.4 Å². The molecule has 0 aliphatic heterocycles. The van der Waals surface area contributed by atoms with E-state index in [-0.39, 0.29) is 22.6 Å². The van der Waals surface area contributed by atoms with Crippen molar-refractivity contribution in [3.05, 3.63) is 58.1 Å². The van der Waals surface area contributed by atoms with Gasteiger partial charge in [0.1, 0.15) is 5.75 Å². The lowest BCUT2D eigenvalue weighted by atomic mass is 10.2. The summed E-state index contributed by atoms with van der Waals surface area (Å²) in [4.78, 5) is 33.9. The Labute approximate surface area is 133 Å². The maximum absolute atomic E-state index is 10.7. The van der Waals surface area contributed by atoms with E-state index in [0.717, 1.165) is 0 Å². The minimum absolute atomic E-state index is 0.0697. The van der Waals surface area contributed by atoms with Gasteiger partial charge in [0.05, 0.1) is 22.3 Å². The molecule has 124 valence electrons. The number of aromatic carboxylic acids is 2. The fraction of sp³-hybridized carbons (Fsp3) is 0. The number of phenolic OH excluding ortho intramolecular Hbond substituents is 1. The van der Waals surface area contributed by atoms with Gasteiger partial charge in [-0.25, -0.2) is 14.4 Å². The molecule has 0 aliphatic rings. The third-order valence-electron chi connectivity index (χ3n) is 2.94. The Morgan fingerprint density at radius 1 is 1.00 bits per heavy atom. The topological polar surface area (TPSA) is 167 Å². The highest BCUT2D eigenvalue weighted by Crippen LogP contribution is 2.20. The second-order valence-electron chi connectivity index (χ2n) is 4.61. The van der Waals surface area contributed by atoms with E-state index in [2.05, 4.69) is 4.98 Å². The SMILES string of the molecule is Nc1cc(C(=O)O)ccc1O.O=C(O)c1ccc2oc(=O)[nH]c2c1. The predicted molar refractivity (Wildman–Crippen MR) is 83.3 cm³/mol. The van der Waals surface area contributed by atoms with Gasteiger partial charge >= 0.3 is 17.7 Å². The molecule has 3 aromatic rings. The maximum Gasteiger partial charge on any atom is 0.417 e. The van der Waals surface area contributed by atoms with Gasteiger partial charge in [0.2, 0.25) is 0 Å². The zero-order chi connectivity index (χ0) is 17.9. The van der Waals surface area contributed by atoms with Crippen LogP contribution in [0.4, 0.5) is 5.69 Å². The maximum atomic E-state index is 10.7. The van der Waals surface area contributed by atoms with Crippen LogP contribution in [0.2, 0.25) is 0 Å². The van der Waals surface area contributed by atoms with Crippen molar-refractivity contribution in [1.29, 1.82) is 0 Å². The number of carbonyl (C=O) groups is 2. The molecule has 0 bridgehead atoms. The smallest absolute Gasteiger partial charge is 0.417 e. The Kier molecular flexibility index (Phi) is 4.55. The van der Waals surface area contributed by atoms with E-state index in [1.54, 1.807) is 0 Å². The van der Waals surface area contributed by atoms with Crippen LogP contribution in [0.25, 0.3) is 11.1 Å². The minimum Gasteiger partial charge on any atom is -0.506 e. The van der Waals surface area contributed by atoms with Crippen molar-refractivity contribution in [3.8, 4) is 5.75 Å². The molecule has 9 heteroatoms. The molecule has 0 amide bonds. The number of aromatic nitrogens is 1. The number of aromatic amines is 1. The minimum atomic E-state index is -1.06. The number of nitrogens with two attached hydrogens (primary N) is 1. The summed E-state index contributed by atoms with van der Waals surface area (Å²) in [6.45, 7) is 0. The predicted octanol–water partition coefficient (Wildman–Crippen LogP) is 1.49. The Balaban J connectivity index is 0.000000177. The number of carboxylic acid groups (broad SMARTS) is 2. The molecule has 0 aliphatic carbocycles. The second-order valence-corrected chi connectivity index (χ2v) is 4.61. The van der Waals surface area contributed by atoms with Gasteiger partial charge in [0.15, 0.2) is 5.58 Å². The lowest BCUT2D eigenvalue weighted by Crippen LogP contribution is -1.97. The van der Waals surface area contributed by atoms with E-state index >= 15 is 0 Å². The Hall–Kier alpha value is -3.75. The number of phenols is 1. The highest BCUT2D eigenvalue weighted by Gasteiger charge is 2.06. The van der Waals surface area contributed by atoms with Gasteiger partial charge < -0.3 is 25.5 Å². The first-order chi connectivity index (χ1) is 11.3. The van der Waals surface area contributed by atoms with Crippen molar-refractivity contribution in [2.45, 2.75) is 0 Å². The van der Waals surface area contributed by atoms with Crippen LogP contribution in [0.15, 0.2) is 45.6 Å². The van der Waals surface area contributed by atoms with Crippen LogP contribution < -0.4 is 11.5 Å². The molecule has 0 spiro atoms. The first-order valence-electron chi connectivity index (χ1n) is 6.46. The quantitative estimate of drug-likeness (QED) is 0.347. The Bertz CT molecular complexity index is 971. The van der Waals surface area contributed by atoms with Crippen LogP contribution in [-0.2, 0) is 0 Å². The summed E-state index contributed by atoms with van der Waals surface area (Å²) in [6.07, 6.45) is 0.